The molecule has 2 aromatic carbocycles. The lowest BCUT2D eigenvalue weighted by molar-refractivity contribution is 0.356. The molecule has 6 nitrogen and oxygen atoms in total. The number of hydrogen-bond acceptors (Lipinski definition) is 4. The topological polar surface area (TPSA) is 69.1 Å². The van der Waals surface area contributed by atoms with Crippen LogP contribution in [0, 0.1) is 0 Å². The zero-order chi connectivity index (χ0) is 16.7. The monoisotopic (exact) mass is 321 g/mol. The SMILES string of the molecule is COc1cc2ncc3c(=O)n(-c4ccccc4)[nH]c3c2cc1OC. The third kappa shape index (κ3) is 2.04. The summed E-state index contributed by atoms with van der Waals surface area (Å²) in [6.45, 7) is 0. The first-order valence-electron chi connectivity index (χ1n) is 7.44. The Kier molecular flexibility index (Phi) is 3.23. The second-order valence-corrected chi connectivity index (χ2v) is 5.36. The van der Waals surface area contributed by atoms with Crippen molar-refractivity contribution in [2.45, 2.75) is 0 Å². The van der Waals surface area contributed by atoms with E-state index in [0.717, 1.165) is 22.1 Å². The summed E-state index contributed by atoms with van der Waals surface area (Å²) >= 11 is 0. The highest BCUT2D eigenvalue weighted by Gasteiger charge is 2.14. The highest BCUT2D eigenvalue weighted by atomic mass is 16.5. The molecule has 0 fully saturated rings. The van der Waals surface area contributed by atoms with Crippen LogP contribution in [0.25, 0.3) is 27.5 Å². The number of H-pyrrole nitrogens is 1. The number of methoxy groups -OCH3 is 2. The smallest absolute Gasteiger partial charge is 0.280 e. The molecule has 4 aromatic rings. The molecule has 0 bridgehead atoms. The number of aromatic amines is 1. The first-order chi connectivity index (χ1) is 11.7. The molecule has 0 spiro atoms. The molecule has 0 unspecified atom stereocenters. The van der Waals surface area contributed by atoms with Crippen molar-refractivity contribution in [3.05, 3.63) is 59.0 Å². The number of rotatable bonds is 3. The van der Waals surface area contributed by atoms with Crippen molar-refractivity contribution in [1.29, 1.82) is 0 Å². The molecule has 24 heavy (non-hydrogen) atoms. The van der Waals surface area contributed by atoms with Crippen LogP contribution >= 0.6 is 0 Å². The van der Waals surface area contributed by atoms with Gasteiger partial charge in [-0.25, -0.2) is 4.68 Å². The molecule has 0 radical (unpaired) electrons. The summed E-state index contributed by atoms with van der Waals surface area (Å²) in [5.41, 5.74) is 2.07. The fourth-order valence-corrected chi connectivity index (χ4v) is 2.84. The van der Waals surface area contributed by atoms with Crippen LogP contribution in [0.5, 0.6) is 11.5 Å². The van der Waals surface area contributed by atoms with Crippen LogP contribution in [0.3, 0.4) is 0 Å². The van der Waals surface area contributed by atoms with Gasteiger partial charge in [0.15, 0.2) is 11.5 Å². The van der Waals surface area contributed by atoms with Crippen molar-refractivity contribution in [2.24, 2.45) is 0 Å². The molecule has 4 rings (SSSR count). The van der Waals surface area contributed by atoms with Crippen molar-refractivity contribution in [2.75, 3.05) is 14.2 Å². The third-order valence-electron chi connectivity index (χ3n) is 4.04. The summed E-state index contributed by atoms with van der Waals surface area (Å²) < 4.78 is 12.2. The second-order valence-electron chi connectivity index (χ2n) is 5.36. The highest BCUT2D eigenvalue weighted by Crippen LogP contribution is 2.33. The molecule has 0 atom stereocenters. The fourth-order valence-electron chi connectivity index (χ4n) is 2.84. The number of hydrogen-bond donors (Lipinski definition) is 1. The number of ether oxygens (including phenoxy) is 2. The van der Waals surface area contributed by atoms with E-state index in [1.54, 1.807) is 26.5 Å². The van der Waals surface area contributed by atoms with Crippen LogP contribution in [0.4, 0.5) is 0 Å². The standard InChI is InChI=1S/C18H15N3O3/c1-23-15-8-12-14(9-16(15)24-2)19-10-13-17(12)20-21(18(13)22)11-6-4-3-5-7-11/h3-10,20H,1-2H3. The number of aromatic nitrogens is 3. The van der Waals surface area contributed by atoms with Crippen LogP contribution in [-0.2, 0) is 0 Å². The van der Waals surface area contributed by atoms with E-state index in [4.69, 9.17) is 9.47 Å². The second kappa shape index (κ2) is 5.42. The number of nitrogens with zero attached hydrogens (tertiary/aromatic N) is 2. The quantitative estimate of drug-likeness (QED) is 0.630. The number of fused-ring (bicyclic) bond motifs is 3. The molecule has 0 aliphatic rings. The molecule has 0 aliphatic carbocycles. The van der Waals surface area contributed by atoms with E-state index in [9.17, 15) is 4.79 Å². The number of nitrogens with one attached hydrogen (secondary N) is 1. The maximum absolute atomic E-state index is 12.7. The van der Waals surface area contributed by atoms with Gasteiger partial charge in [0.05, 0.1) is 36.3 Å². The first kappa shape index (κ1) is 14.3. The zero-order valence-electron chi connectivity index (χ0n) is 13.2. The van der Waals surface area contributed by atoms with Crippen LogP contribution in [-0.4, -0.2) is 29.0 Å². The molecule has 0 saturated heterocycles. The lowest BCUT2D eigenvalue weighted by atomic mass is 10.1. The van der Waals surface area contributed by atoms with Crippen molar-refractivity contribution in [1.82, 2.24) is 14.8 Å². The minimum Gasteiger partial charge on any atom is -0.493 e. The van der Waals surface area contributed by atoms with Gasteiger partial charge in [-0.3, -0.25) is 14.9 Å². The Morgan fingerprint density at radius 1 is 1.00 bits per heavy atom. The van der Waals surface area contributed by atoms with E-state index in [-0.39, 0.29) is 5.56 Å². The summed E-state index contributed by atoms with van der Waals surface area (Å²) in [7, 11) is 3.16. The highest BCUT2D eigenvalue weighted by molar-refractivity contribution is 6.04. The molecule has 2 heterocycles. The predicted octanol–water partition coefficient (Wildman–Crippen LogP) is 2.88. The Bertz CT molecular complexity index is 1100. The fraction of sp³-hybridized carbons (Fsp3) is 0.111. The van der Waals surface area contributed by atoms with E-state index in [1.807, 2.05) is 36.4 Å². The van der Waals surface area contributed by atoms with Crippen molar-refractivity contribution >= 4 is 21.8 Å². The van der Waals surface area contributed by atoms with E-state index < -0.39 is 0 Å². The number of para-hydroxylation sites is 1. The molecule has 2 aromatic heterocycles. The molecule has 0 amide bonds. The van der Waals surface area contributed by atoms with Crippen molar-refractivity contribution in [3.8, 4) is 17.2 Å². The Hall–Kier alpha value is -3.28. The predicted molar refractivity (Wildman–Crippen MR) is 92.3 cm³/mol. The molecule has 0 saturated carbocycles. The van der Waals surface area contributed by atoms with Gasteiger partial charge in [0.1, 0.15) is 0 Å². The molecular weight excluding hydrogens is 306 g/mol. The third-order valence-corrected chi connectivity index (χ3v) is 4.04. The van der Waals surface area contributed by atoms with Crippen LogP contribution < -0.4 is 15.0 Å². The van der Waals surface area contributed by atoms with Gasteiger partial charge in [-0.05, 0) is 18.2 Å². The summed E-state index contributed by atoms with van der Waals surface area (Å²) in [6, 6.07) is 13.0. The normalized spacial score (nSPS) is 11.1. The van der Waals surface area contributed by atoms with Gasteiger partial charge >= 0.3 is 0 Å². The van der Waals surface area contributed by atoms with Crippen LogP contribution in [0.15, 0.2) is 53.5 Å². The summed E-state index contributed by atoms with van der Waals surface area (Å²) in [5.74, 6) is 1.19. The first-order valence-corrected chi connectivity index (χ1v) is 7.44. The Morgan fingerprint density at radius 3 is 2.42 bits per heavy atom. The number of pyridine rings is 1. The van der Waals surface area contributed by atoms with E-state index in [1.165, 1.54) is 4.68 Å². The molecule has 120 valence electrons. The summed E-state index contributed by atoms with van der Waals surface area (Å²) in [4.78, 5) is 17.1. The van der Waals surface area contributed by atoms with Crippen LogP contribution in [0.2, 0.25) is 0 Å². The summed E-state index contributed by atoms with van der Waals surface area (Å²) in [5, 5.41) is 4.51. The van der Waals surface area contributed by atoms with Gasteiger partial charge in [0, 0.05) is 17.6 Å². The van der Waals surface area contributed by atoms with Crippen molar-refractivity contribution in [3.63, 3.8) is 0 Å². The average Bonchev–Trinajstić information content (AvgIpc) is 2.98. The van der Waals surface area contributed by atoms with Gasteiger partial charge in [-0.2, -0.15) is 0 Å². The minimum atomic E-state index is -0.139. The largest absolute Gasteiger partial charge is 0.493 e. The Balaban J connectivity index is 2.06. The van der Waals surface area contributed by atoms with Crippen molar-refractivity contribution < 1.29 is 9.47 Å². The lowest BCUT2D eigenvalue weighted by Crippen LogP contribution is -2.13. The maximum atomic E-state index is 12.7. The van der Waals surface area contributed by atoms with Gasteiger partial charge in [-0.1, -0.05) is 18.2 Å². The van der Waals surface area contributed by atoms with Gasteiger partial charge in [-0.15, -0.1) is 0 Å². The van der Waals surface area contributed by atoms with Gasteiger partial charge in [0.25, 0.3) is 5.56 Å². The molecule has 0 aliphatic heterocycles. The van der Waals surface area contributed by atoms with Crippen LogP contribution in [0.1, 0.15) is 0 Å². The van der Waals surface area contributed by atoms with Gasteiger partial charge < -0.3 is 9.47 Å². The Morgan fingerprint density at radius 2 is 1.71 bits per heavy atom. The summed E-state index contributed by atoms with van der Waals surface area (Å²) in [6.07, 6.45) is 1.59. The zero-order valence-corrected chi connectivity index (χ0v) is 13.2. The van der Waals surface area contributed by atoms with E-state index >= 15 is 0 Å². The average molecular weight is 321 g/mol. The minimum absolute atomic E-state index is 0.139. The van der Waals surface area contributed by atoms with Gasteiger partial charge in [0.2, 0.25) is 0 Å². The lowest BCUT2D eigenvalue weighted by Gasteiger charge is -2.08. The molecule has 1 N–H and O–H groups in total. The van der Waals surface area contributed by atoms with E-state index in [0.29, 0.717) is 16.9 Å². The maximum Gasteiger partial charge on any atom is 0.280 e. The Labute approximate surface area is 137 Å². The molecule has 6 heteroatoms. The van der Waals surface area contributed by atoms with E-state index in [2.05, 4.69) is 10.1 Å². The number of benzene rings is 2. The molecular formula is C18H15N3O3.